The quantitative estimate of drug-likeness (QED) is 0.672. The van der Waals surface area contributed by atoms with Crippen LogP contribution in [0.1, 0.15) is 19.5 Å². The van der Waals surface area contributed by atoms with Crippen molar-refractivity contribution in [2.24, 2.45) is 5.41 Å². The van der Waals surface area contributed by atoms with Crippen molar-refractivity contribution in [3.8, 4) is 6.07 Å². The number of nitrogens with zero attached hydrogens (tertiary/aromatic N) is 3. The summed E-state index contributed by atoms with van der Waals surface area (Å²) in [4.78, 5) is 0. The summed E-state index contributed by atoms with van der Waals surface area (Å²) < 4.78 is 3.72. The predicted molar refractivity (Wildman–Crippen MR) is 43.0 cm³/mol. The molecule has 0 aliphatic heterocycles. The maximum absolute atomic E-state index is 8.70. The van der Waals surface area contributed by atoms with Crippen LogP contribution >= 0.6 is 11.5 Å². The van der Waals surface area contributed by atoms with Gasteiger partial charge in [-0.05, 0) is 25.4 Å². The average molecular weight is 167 g/mol. The highest BCUT2D eigenvalue weighted by Gasteiger charge is 2.18. The van der Waals surface area contributed by atoms with Crippen LogP contribution in [0.2, 0.25) is 0 Å². The lowest BCUT2D eigenvalue weighted by Gasteiger charge is -2.11. The Balaban J connectivity index is 2.65. The molecule has 0 spiro atoms. The summed E-state index contributed by atoms with van der Waals surface area (Å²) in [5, 5.41) is 14.4. The fourth-order valence-electron chi connectivity index (χ4n) is 0.753. The first kappa shape index (κ1) is 8.15. The summed E-state index contributed by atoms with van der Waals surface area (Å²) in [7, 11) is 0. The standard InChI is InChI=1S/C7H9N3S/c1-7(2,5-8)3-6-4-11-10-9-6/h4H,3H2,1-2H3. The lowest BCUT2D eigenvalue weighted by Crippen LogP contribution is -2.11. The molecule has 1 aromatic rings. The van der Waals surface area contributed by atoms with E-state index in [9.17, 15) is 0 Å². The van der Waals surface area contributed by atoms with Gasteiger partial charge >= 0.3 is 0 Å². The fourth-order valence-corrected chi connectivity index (χ4v) is 1.20. The highest BCUT2D eigenvalue weighted by atomic mass is 32.1. The zero-order valence-electron chi connectivity index (χ0n) is 6.53. The molecule has 58 valence electrons. The van der Waals surface area contributed by atoms with Crippen molar-refractivity contribution in [2.45, 2.75) is 20.3 Å². The molecule has 11 heavy (non-hydrogen) atoms. The normalized spacial score (nSPS) is 11.0. The van der Waals surface area contributed by atoms with E-state index in [4.69, 9.17) is 5.26 Å². The topological polar surface area (TPSA) is 49.6 Å². The summed E-state index contributed by atoms with van der Waals surface area (Å²) >= 11 is 1.32. The van der Waals surface area contributed by atoms with Gasteiger partial charge in [-0.25, -0.2) is 0 Å². The molecule has 0 aromatic carbocycles. The molecule has 0 N–H and O–H groups in total. The first-order chi connectivity index (χ1) is 5.14. The van der Waals surface area contributed by atoms with Gasteiger partial charge in [0.1, 0.15) is 0 Å². The fraction of sp³-hybridized carbons (Fsp3) is 0.571. The van der Waals surface area contributed by atoms with Gasteiger partial charge in [0, 0.05) is 11.8 Å². The minimum Gasteiger partial charge on any atom is -0.198 e. The molecule has 1 rings (SSSR count). The van der Waals surface area contributed by atoms with Crippen molar-refractivity contribution >= 4 is 11.5 Å². The Bertz CT molecular complexity index is 258. The molecule has 0 radical (unpaired) electrons. The highest BCUT2D eigenvalue weighted by Crippen LogP contribution is 2.19. The Morgan fingerprint density at radius 2 is 2.45 bits per heavy atom. The predicted octanol–water partition coefficient (Wildman–Crippen LogP) is 1.63. The van der Waals surface area contributed by atoms with E-state index >= 15 is 0 Å². The molecule has 0 aliphatic rings. The van der Waals surface area contributed by atoms with Crippen LogP contribution < -0.4 is 0 Å². The first-order valence-corrected chi connectivity index (χ1v) is 4.15. The second-order valence-corrected chi connectivity index (χ2v) is 3.68. The lowest BCUT2D eigenvalue weighted by atomic mass is 9.90. The second kappa shape index (κ2) is 2.97. The number of nitriles is 1. The van der Waals surface area contributed by atoms with Gasteiger partial charge in [0.2, 0.25) is 0 Å². The maximum Gasteiger partial charge on any atom is 0.0771 e. The molecule has 0 saturated carbocycles. The monoisotopic (exact) mass is 167 g/mol. The summed E-state index contributed by atoms with van der Waals surface area (Å²) in [6, 6.07) is 2.22. The van der Waals surface area contributed by atoms with Crippen LogP contribution in [0, 0.1) is 16.7 Å². The molecule has 0 fully saturated rings. The lowest BCUT2D eigenvalue weighted by molar-refractivity contribution is 0.486. The van der Waals surface area contributed by atoms with E-state index in [1.165, 1.54) is 11.5 Å². The maximum atomic E-state index is 8.70. The van der Waals surface area contributed by atoms with Gasteiger partial charge in [-0.1, -0.05) is 4.49 Å². The number of rotatable bonds is 2. The van der Waals surface area contributed by atoms with Gasteiger partial charge in [0.25, 0.3) is 0 Å². The summed E-state index contributed by atoms with van der Waals surface area (Å²) in [6.07, 6.45) is 0.681. The van der Waals surface area contributed by atoms with Crippen LogP contribution in [0.3, 0.4) is 0 Å². The van der Waals surface area contributed by atoms with Crippen LogP contribution in [0.5, 0.6) is 0 Å². The van der Waals surface area contributed by atoms with Crippen molar-refractivity contribution in [1.29, 1.82) is 5.26 Å². The van der Waals surface area contributed by atoms with Gasteiger partial charge in [-0.15, -0.1) is 5.10 Å². The van der Waals surface area contributed by atoms with Crippen molar-refractivity contribution in [1.82, 2.24) is 9.59 Å². The van der Waals surface area contributed by atoms with Gasteiger partial charge in [0.15, 0.2) is 0 Å². The van der Waals surface area contributed by atoms with E-state index < -0.39 is 0 Å². The second-order valence-electron chi connectivity index (χ2n) is 3.07. The summed E-state index contributed by atoms with van der Waals surface area (Å²) in [6.45, 7) is 3.79. The van der Waals surface area contributed by atoms with Crippen molar-refractivity contribution in [3.05, 3.63) is 11.1 Å². The molecule has 0 saturated heterocycles. The van der Waals surface area contributed by atoms with Crippen molar-refractivity contribution in [2.75, 3.05) is 0 Å². The molecule has 1 heterocycles. The number of aromatic nitrogens is 2. The molecule has 3 nitrogen and oxygen atoms in total. The summed E-state index contributed by atoms with van der Waals surface area (Å²) in [5.74, 6) is 0. The molecular weight excluding hydrogens is 158 g/mol. The van der Waals surface area contributed by atoms with Crippen molar-refractivity contribution < 1.29 is 0 Å². The molecule has 4 heteroatoms. The number of hydrogen-bond donors (Lipinski definition) is 0. The Kier molecular flexibility index (Phi) is 2.20. The SMILES string of the molecule is CC(C)(C#N)Cc1csnn1. The van der Waals surface area contributed by atoms with E-state index in [0.717, 1.165) is 5.69 Å². The smallest absolute Gasteiger partial charge is 0.0771 e. The van der Waals surface area contributed by atoms with Gasteiger partial charge in [-0.3, -0.25) is 0 Å². The number of hydrogen-bond acceptors (Lipinski definition) is 4. The third-order valence-corrected chi connectivity index (χ3v) is 1.88. The molecule has 0 atom stereocenters. The molecular formula is C7H9N3S. The third kappa shape index (κ3) is 2.28. The van der Waals surface area contributed by atoms with Crippen molar-refractivity contribution in [3.63, 3.8) is 0 Å². The Hall–Kier alpha value is -0.950. The van der Waals surface area contributed by atoms with E-state index in [1.807, 2.05) is 19.2 Å². The molecule has 0 aliphatic carbocycles. The minimum absolute atomic E-state index is 0.324. The zero-order valence-corrected chi connectivity index (χ0v) is 7.35. The minimum atomic E-state index is -0.324. The Morgan fingerprint density at radius 3 is 2.91 bits per heavy atom. The summed E-state index contributed by atoms with van der Waals surface area (Å²) in [5.41, 5.74) is 0.581. The largest absolute Gasteiger partial charge is 0.198 e. The molecule has 0 bridgehead atoms. The van der Waals surface area contributed by atoms with Crippen LogP contribution in [0.4, 0.5) is 0 Å². The van der Waals surface area contributed by atoms with Crippen LogP contribution in [0.25, 0.3) is 0 Å². The van der Waals surface area contributed by atoms with Crippen LogP contribution in [0.15, 0.2) is 5.38 Å². The Labute approximate surface area is 69.8 Å². The first-order valence-electron chi connectivity index (χ1n) is 3.31. The third-order valence-electron chi connectivity index (χ3n) is 1.33. The van der Waals surface area contributed by atoms with E-state index in [1.54, 1.807) is 0 Å². The van der Waals surface area contributed by atoms with Gasteiger partial charge in [0.05, 0.1) is 17.2 Å². The molecule has 0 unspecified atom stereocenters. The van der Waals surface area contributed by atoms with E-state index in [2.05, 4.69) is 15.7 Å². The molecule has 1 aromatic heterocycles. The zero-order chi connectivity index (χ0) is 8.32. The van der Waals surface area contributed by atoms with E-state index in [0.29, 0.717) is 6.42 Å². The van der Waals surface area contributed by atoms with Gasteiger partial charge in [-0.2, -0.15) is 5.26 Å². The highest BCUT2D eigenvalue weighted by molar-refractivity contribution is 7.03. The molecule has 0 amide bonds. The average Bonchev–Trinajstić information content (AvgIpc) is 2.39. The van der Waals surface area contributed by atoms with Crippen LogP contribution in [-0.4, -0.2) is 9.59 Å². The van der Waals surface area contributed by atoms with Crippen LogP contribution in [-0.2, 0) is 6.42 Å². The van der Waals surface area contributed by atoms with E-state index in [-0.39, 0.29) is 5.41 Å². The van der Waals surface area contributed by atoms with Gasteiger partial charge < -0.3 is 0 Å². The Morgan fingerprint density at radius 1 is 1.73 bits per heavy atom.